The van der Waals surface area contributed by atoms with E-state index in [-0.39, 0.29) is 5.91 Å². The first-order chi connectivity index (χ1) is 9.56. The second kappa shape index (κ2) is 7.11. The van der Waals surface area contributed by atoms with Crippen LogP contribution < -0.4 is 10.6 Å². The molecule has 0 radical (unpaired) electrons. The van der Waals surface area contributed by atoms with Gasteiger partial charge in [-0.15, -0.1) is 0 Å². The number of anilines is 1. The molecule has 1 fully saturated rings. The summed E-state index contributed by atoms with van der Waals surface area (Å²) in [5, 5.41) is 6.32. The van der Waals surface area contributed by atoms with Crippen molar-refractivity contribution in [2.24, 2.45) is 11.8 Å². The van der Waals surface area contributed by atoms with Gasteiger partial charge in [0.25, 0.3) is 0 Å². The van der Waals surface area contributed by atoms with E-state index in [4.69, 9.17) is 0 Å². The van der Waals surface area contributed by atoms with Gasteiger partial charge in [0.05, 0.1) is 6.54 Å². The highest BCUT2D eigenvalue weighted by molar-refractivity contribution is 9.10. The predicted octanol–water partition coefficient (Wildman–Crippen LogP) is 3.80. The van der Waals surface area contributed by atoms with E-state index < -0.39 is 0 Å². The van der Waals surface area contributed by atoms with Gasteiger partial charge in [-0.1, -0.05) is 42.6 Å². The number of nitrogens with one attached hydrogen (secondary N) is 2. The van der Waals surface area contributed by atoms with Crippen LogP contribution in [0.5, 0.6) is 0 Å². The third-order valence-electron chi connectivity index (χ3n) is 4.35. The molecule has 3 atom stereocenters. The molecule has 1 amide bonds. The van der Waals surface area contributed by atoms with Gasteiger partial charge in [0, 0.05) is 16.2 Å². The monoisotopic (exact) mass is 338 g/mol. The van der Waals surface area contributed by atoms with Crippen LogP contribution in [0.1, 0.15) is 33.1 Å². The molecule has 1 aliphatic rings. The predicted molar refractivity (Wildman–Crippen MR) is 86.7 cm³/mol. The highest BCUT2D eigenvalue weighted by Gasteiger charge is 2.27. The second-order valence-corrected chi connectivity index (χ2v) is 6.72. The summed E-state index contributed by atoms with van der Waals surface area (Å²) in [5.41, 5.74) is 0.966. The Morgan fingerprint density at radius 1 is 1.25 bits per heavy atom. The highest BCUT2D eigenvalue weighted by Crippen LogP contribution is 2.29. The molecule has 3 nitrogen and oxygen atoms in total. The number of halogens is 1. The normalized spacial score (nSPS) is 26.1. The third-order valence-corrected chi connectivity index (χ3v) is 4.88. The zero-order chi connectivity index (χ0) is 14.5. The average molecular weight is 339 g/mol. The number of rotatable bonds is 4. The third kappa shape index (κ3) is 4.23. The summed E-state index contributed by atoms with van der Waals surface area (Å²) in [5.74, 6) is 1.35. The zero-order valence-corrected chi connectivity index (χ0v) is 13.7. The Hall–Kier alpha value is -1.03. The molecule has 2 rings (SSSR count). The minimum Gasteiger partial charge on any atom is -0.376 e. The topological polar surface area (TPSA) is 41.1 Å². The molecule has 1 aliphatic carbocycles. The maximum Gasteiger partial charge on any atom is 0.239 e. The van der Waals surface area contributed by atoms with Gasteiger partial charge in [-0.25, -0.2) is 0 Å². The maximum absolute atomic E-state index is 12.0. The fourth-order valence-corrected chi connectivity index (χ4v) is 3.06. The first-order valence-electron chi connectivity index (χ1n) is 7.35. The van der Waals surface area contributed by atoms with E-state index in [2.05, 4.69) is 40.4 Å². The lowest BCUT2D eigenvalue weighted by atomic mass is 9.78. The first-order valence-corrected chi connectivity index (χ1v) is 8.14. The smallest absolute Gasteiger partial charge is 0.239 e. The van der Waals surface area contributed by atoms with Crippen molar-refractivity contribution in [3.63, 3.8) is 0 Å². The van der Waals surface area contributed by atoms with Crippen LogP contribution in [-0.2, 0) is 4.79 Å². The average Bonchev–Trinajstić information content (AvgIpc) is 2.43. The maximum atomic E-state index is 12.0. The van der Waals surface area contributed by atoms with Gasteiger partial charge in [0.1, 0.15) is 0 Å². The summed E-state index contributed by atoms with van der Waals surface area (Å²) in [6.07, 6.45) is 3.61. The van der Waals surface area contributed by atoms with Crippen LogP contribution in [0.4, 0.5) is 5.69 Å². The molecular weight excluding hydrogens is 316 g/mol. The quantitative estimate of drug-likeness (QED) is 0.876. The molecule has 0 aliphatic heterocycles. The zero-order valence-electron chi connectivity index (χ0n) is 12.2. The van der Waals surface area contributed by atoms with Crippen molar-refractivity contribution in [1.82, 2.24) is 5.32 Å². The standard InChI is InChI=1S/C16H23BrN2O/c1-11-4-3-5-15(12(11)2)19-16(20)10-18-14-8-6-13(17)7-9-14/h6-9,11-12,15,18H,3-5,10H2,1-2H3,(H,19,20)/t11-,12-,15+/m1/s1. The van der Waals surface area contributed by atoms with E-state index in [0.29, 0.717) is 24.4 Å². The van der Waals surface area contributed by atoms with E-state index in [1.54, 1.807) is 0 Å². The van der Waals surface area contributed by atoms with Gasteiger partial charge in [0.15, 0.2) is 0 Å². The summed E-state index contributed by atoms with van der Waals surface area (Å²) < 4.78 is 1.04. The lowest BCUT2D eigenvalue weighted by molar-refractivity contribution is -0.120. The molecule has 110 valence electrons. The summed E-state index contributed by atoms with van der Waals surface area (Å²) in [6, 6.07) is 8.18. The molecule has 4 heteroatoms. The second-order valence-electron chi connectivity index (χ2n) is 5.80. The van der Waals surface area contributed by atoms with Crippen molar-refractivity contribution < 1.29 is 4.79 Å². The molecule has 0 aromatic heterocycles. The van der Waals surface area contributed by atoms with Crippen LogP contribution in [-0.4, -0.2) is 18.5 Å². The molecule has 2 N–H and O–H groups in total. The van der Waals surface area contributed by atoms with Crippen molar-refractivity contribution in [3.8, 4) is 0 Å². The lowest BCUT2D eigenvalue weighted by Crippen LogP contribution is -2.45. The van der Waals surface area contributed by atoms with Gasteiger partial charge in [-0.3, -0.25) is 4.79 Å². The van der Waals surface area contributed by atoms with E-state index in [1.807, 2.05) is 24.3 Å². The fraction of sp³-hybridized carbons (Fsp3) is 0.562. The summed E-state index contributed by atoms with van der Waals surface area (Å²) in [4.78, 5) is 12.0. The van der Waals surface area contributed by atoms with Gasteiger partial charge < -0.3 is 10.6 Å². The highest BCUT2D eigenvalue weighted by atomic mass is 79.9. The molecular formula is C16H23BrN2O. The lowest BCUT2D eigenvalue weighted by Gasteiger charge is -2.34. The summed E-state index contributed by atoms with van der Waals surface area (Å²) >= 11 is 3.40. The minimum atomic E-state index is 0.0823. The number of carbonyl (C=O) groups excluding carboxylic acids is 1. The van der Waals surface area contributed by atoms with Crippen molar-refractivity contribution in [3.05, 3.63) is 28.7 Å². The van der Waals surface area contributed by atoms with Crippen LogP contribution in [0, 0.1) is 11.8 Å². The van der Waals surface area contributed by atoms with E-state index in [1.165, 1.54) is 12.8 Å². The van der Waals surface area contributed by atoms with Crippen LogP contribution in [0.3, 0.4) is 0 Å². The van der Waals surface area contributed by atoms with Gasteiger partial charge in [-0.2, -0.15) is 0 Å². The molecule has 1 aromatic carbocycles. The Labute approximate surface area is 129 Å². The van der Waals surface area contributed by atoms with Crippen molar-refractivity contribution in [2.45, 2.75) is 39.2 Å². The van der Waals surface area contributed by atoms with Crippen LogP contribution >= 0.6 is 15.9 Å². The molecule has 20 heavy (non-hydrogen) atoms. The minimum absolute atomic E-state index is 0.0823. The number of carbonyl (C=O) groups is 1. The number of amides is 1. The Morgan fingerprint density at radius 2 is 1.95 bits per heavy atom. The van der Waals surface area contributed by atoms with Crippen molar-refractivity contribution in [1.29, 1.82) is 0 Å². The first kappa shape index (κ1) is 15.4. The molecule has 0 saturated heterocycles. The van der Waals surface area contributed by atoms with Crippen LogP contribution in [0.2, 0.25) is 0 Å². The molecule has 1 aromatic rings. The van der Waals surface area contributed by atoms with Gasteiger partial charge in [0.2, 0.25) is 5.91 Å². The Bertz CT molecular complexity index is 446. The largest absolute Gasteiger partial charge is 0.376 e. The number of benzene rings is 1. The molecule has 0 bridgehead atoms. The van der Waals surface area contributed by atoms with Crippen molar-refractivity contribution in [2.75, 3.05) is 11.9 Å². The van der Waals surface area contributed by atoms with Crippen LogP contribution in [0.15, 0.2) is 28.7 Å². The van der Waals surface area contributed by atoms with E-state index in [0.717, 1.165) is 16.6 Å². The number of hydrogen-bond acceptors (Lipinski definition) is 2. The van der Waals surface area contributed by atoms with Crippen LogP contribution in [0.25, 0.3) is 0 Å². The Morgan fingerprint density at radius 3 is 2.65 bits per heavy atom. The van der Waals surface area contributed by atoms with Gasteiger partial charge >= 0.3 is 0 Å². The van der Waals surface area contributed by atoms with E-state index >= 15 is 0 Å². The molecule has 0 spiro atoms. The van der Waals surface area contributed by atoms with Crippen molar-refractivity contribution >= 4 is 27.5 Å². The van der Waals surface area contributed by atoms with Gasteiger partial charge in [-0.05, 0) is 42.5 Å². The SMILES string of the molecule is C[C@@H]1[C@H](C)CCC[C@@H]1NC(=O)CNc1ccc(Br)cc1. The summed E-state index contributed by atoms with van der Waals surface area (Å²) in [6.45, 7) is 4.86. The molecule has 0 heterocycles. The number of hydrogen-bond donors (Lipinski definition) is 2. The Kier molecular flexibility index (Phi) is 5.46. The molecule has 1 saturated carbocycles. The molecule has 0 unspecified atom stereocenters. The Balaban J connectivity index is 1.79. The summed E-state index contributed by atoms with van der Waals surface area (Å²) in [7, 11) is 0. The van der Waals surface area contributed by atoms with E-state index in [9.17, 15) is 4.79 Å². The fourth-order valence-electron chi connectivity index (χ4n) is 2.79.